The molecule has 3 rings (SSSR count). The van der Waals surface area contributed by atoms with Gasteiger partial charge in [-0.1, -0.05) is 36.4 Å². The molecule has 1 atom stereocenters. The van der Waals surface area contributed by atoms with Crippen molar-refractivity contribution in [2.45, 2.75) is 6.10 Å². The first-order valence-corrected chi connectivity index (χ1v) is 7.91. The van der Waals surface area contributed by atoms with E-state index in [1.807, 2.05) is 12.1 Å². The fourth-order valence-electron chi connectivity index (χ4n) is 2.51. The normalized spacial score (nSPS) is 11.8. The fourth-order valence-corrected chi connectivity index (χ4v) is 2.51. The molecule has 0 aliphatic heterocycles. The summed E-state index contributed by atoms with van der Waals surface area (Å²) in [6.07, 6.45) is 0.329. The van der Waals surface area contributed by atoms with E-state index in [1.165, 1.54) is 18.2 Å². The molecule has 26 heavy (non-hydrogen) atoms. The Bertz CT molecular complexity index is 956. The topological polar surface area (TPSA) is 91.3 Å². The largest absolute Gasteiger partial charge is 0.386 e. The van der Waals surface area contributed by atoms with Gasteiger partial charge in [0.2, 0.25) is 0 Å². The predicted molar refractivity (Wildman–Crippen MR) is 94.7 cm³/mol. The molecule has 0 radical (unpaired) electrons. The van der Waals surface area contributed by atoms with Gasteiger partial charge >= 0.3 is 11.8 Å². The Labute approximate surface area is 148 Å². The van der Waals surface area contributed by atoms with E-state index >= 15 is 0 Å². The number of rotatable bonds is 4. The van der Waals surface area contributed by atoms with Crippen molar-refractivity contribution in [1.82, 2.24) is 10.3 Å². The van der Waals surface area contributed by atoms with Crippen molar-refractivity contribution in [2.75, 3.05) is 11.9 Å². The highest BCUT2D eigenvalue weighted by molar-refractivity contribution is 6.40. The maximum atomic E-state index is 13.6. The number of benzene rings is 2. The molecule has 0 spiro atoms. The standard InChI is InChI=1S/C19H16FN3O3/c20-14-8-2-1-7-13(14)16(24)11-22-18(25)19(26)23-15-9-3-5-12-6-4-10-21-17(12)15/h1-10,16,24H,11H2,(H,22,25)(H,23,26)/t16-/m1/s1. The van der Waals surface area contributed by atoms with Crippen LogP contribution in [0.4, 0.5) is 10.1 Å². The van der Waals surface area contributed by atoms with Crippen LogP contribution >= 0.6 is 0 Å². The molecule has 0 fully saturated rings. The first kappa shape index (κ1) is 17.5. The zero-order valence-corrected chi connectivity index (χ0v) is 13.6. The minimum absolute atomic E-state index is 0.0476. The first-order valence-electron chi connectivity index (χ1n) is 7.91. The number of halogens is 1. The summed E-state index contributed by atoms with van der Waals surface area (Å²) in [5, 5.41) is 15.6. The number of carbonyl (C=O) groups excluding carboxylic acids is 2. The number of hydrogen-bond donors (Lipinski definition) is 3. The quantitative estimate of drug-likeness (QED) is 0.627. The maximum absolute atomic E-state index is 13.6. The number of hydrogen-bond acceptors (Lipinski definition) is 4. The van der Waals surface area contributed by atoms with Crippen molar-refractivity contribution in [3.63, 3.8) is 0 Å². The molecular formula is C19H16FN3O3. The molecule has 0 unspecified atom stereocenters. The van der Waals surface area contributed by atoms with Crippen molar-refractivity contribution >= 4 is 28.4 Å². The summed E-state index contributed by atoms with van der Waals surface area (Å²) in [6, 6.07) is 14.5. The number of nitrogens with one attached hydrogen (secondary N) is 2. The van der Waals surface area contributed by atoms with E-state index in [1.54, 1.807) is 30.5 Å². The maximum Gasteiger partial charge on any atom is 0.313 e. The highest BCUT2D eigenvalue weighted by Gasteiger charge is 2.18. The summed E-state index contributed by atoms with van der Waals surface area (Å²) < 4.78 is 13.6. The van der Waals surface area contributed by atoms with Gasteiger partial charge in [0.15, 0.2) is 0 Å². The fraction of sp³-hybridized carbons (Fsp3) is 0.105. The van der Waals surface area contributed by atoms with Crippen LogP contribution in [-0.4, -0.2) is 28.4 Å². The average molecular weight is 353 g/mol. The first-order chi connectivity index (χ1) is 12.6. The highest BCUT2D eigenvalue weighted by Crippen LogP contribution is 2.20. The molecule has 1 aromatic heterocycles. The van der Waals surface area contributed by atoms with E-state index in [0.29, 0.717) is 11.2 Å². The van der Waals surface area contributed by atoms with Crippen molar-refractivity contribution in [3.8, 4) is 0 Å². The summed E-state index contributed by atoms with van der Waals surface area (Å²) in [5.41, 5.74) is 1.01. The van der Waals surface area contributed by atoms with Gasteiger partial charge in [-0.05, 0) is 18.2 Å². The summed E-state index contributed by atoms with van der Waals surface area (Å²) in [6.45, 7) is -0.291. The second kappa shape index (κ2) is 7.71. The number of pyridine rings is 1. The third kappa shape index (κ3) is 3.84. The van der Waals surface area contributed by atoms with Crippen LogP contribution in [0.15, 0.2) is 60.8 Å². The molecule has 3 N–H and O–H groups in total. The molecule has 2 amide bonds. The number of carbonyl (C=O) groups is 2. The Morgan fingerprint density at radius 2 is 1.81 bits per heavy atom. The van der Waals surface area contributed by atoms with Gasteiger partial charge in [-0.3, -0.25) is 14.6 Å². The monoisotopic (exact) mass is 353 g/mol. The van der Waals surface area contributed by atoms with Crippen LogP contribution in [0.1, 0.15) is 11.7 Å². The van der Waals surface area contributed by atoms with Crippen molar-refractivity contribution in [3.05, 3.63) is 72.2 Å². The molecular weight excluding hydrogens is 337 g/mol. The van der Waals surface area contributed by atoms with Crippen LogP contribution in [0, 0.1) is 5.82 Å². The summed E-state index contributed by atoms with van der Waals surface area (Å²) in [7, 11) is 0. The van der Waals surface area contributed by atoms with E-state index in [9.17, 15) is 19.1 Å². The Hall–Kier alpha value is -3.32. The summed E-state index contributed by atoms with van der Waals surface area (Å²) in [4.78, 5) is 28.2. The molecule has 0 saturated heterocycles. The van der Waals surface area contributed by atoms with Gasteiger partial charge in [0.1, 0.15) is 5.82 Å². The number of aliphatic hydroxyl groups excluding tert-OH is 1. The van der Waals surface area contributed by atoms with E-state index in [-0.39, 0.29) is 12.1 Å². The van der Waals surface area contributed by atoms with E-state index in [0.717, 1.165) is 5.39 Å². The molecule has 132 valence electrons. The van der Waals surface area contributed by atoms with E-state index < -0.39 is 23.7 Å². The van der Waals surface area contributed by atoms with Crippen LogP contribution in [0.25, 0.3) is 10.9 Å². The Morgan fingerprint density at radius 1 is 1.04 bits per heavy atom. The second-order valence-electron chi connectivity index (χ2n) is 5.58. The van der Waals surface area contributed by atoms with Gasteiger partial charge in [0, 0.05) is 23.7 Å². The SMILES string of the molecule is O=C(NC[C@@H](O)c1ccccc1F)C(=O)Nc1cccc2cccnc12. The van der Waals surface area contributed by atoms with E-state index in [4.69, 9.17) is 0 Å². The number of nitrogens with zero attached hydrogens (tertiary/aromatic N) is 1. The highest BCUT2D eigenvalue weighted by atomic mass is 19.1. The number of fused-ring (bicyclic) bond motifs is 1. The van der Waals surface area contributed by atoms with Crippen LogP contribution in [0.3, 0.4) is 0 Å². The number of anilines is 1. The average Bonchev–Trinajstić information content (AvgIpc) is 2.66. The third-order valence-electron chi connectivity index (χ3n) is 3.81. The number of amides is 2. The van der Waals surface area contributed by atoms with Gasteiger partial charge in [-0.2, -0.15) is 0 Å². The lowest BCUT2D eigenvalue weighted by atomic mass is 10.1. The van der Waals surface area contributed by atoms with Gasteiger partial charge in [-0.15, -0.1) is 0 Å². The molecule has 2 aromatic carbocycles. The second-order valence-corrected chi connectivity index (χ2v) is 5.58. The molecule has 1 heterocycles. The number of aromatic nitrogens is 1. The van der Waals surface area contributed by atoms with Gasteiger partial charge in [0.25, 0.3) is 0 Å². The summed E-state index contributed by atoms with van der Waals surface area (Å²) in [5.74, 6) is -2.42. The third-order valence-corrected chi connectivity index (χ3v) is 3.81. The predicted octanol–water partition coefficient (Wildman–Crippen LogP) is 2.16. The van der Waals surface area contributed by atoms with Gasteiger partial charge < -0.3 is 15.7 Å². The molecule has 0 saturated carbocycles. The van der Waals surface area contributed by atoms with Crippen molar-refractivity contribution in [1.29, 1.82) is 0 Å². The van der Waals surface area contributed by atoms with Gasteiger partial charge in [0.05, 0.1) is 17.3 Å². The summed E-state index contributed by atoms with van der Waals surface area (Å²) >= 11 is 0. The Morgan fingerprint density at radius 3 is 2.62 bits per heavy atom. The number of aliphatic hydroxyl groups is 1. The lowest BCUT2D eigenvalue weighted by Gasteiger charge is -2.13. The Kier molecular flexibility index (Phi) is 5.19. The molecule has 0 aliphatic carbocycles. The zero-order chi connectivity index (χ0) is 18.5. The van der Waals surface area contributed by atoms with E-state index in [2.05, 4.69) is 15.6 Å². The van der Waals surface area contributed by atoms with Crippen LogP contribution < -0.4 is 10.6 Å². The zero-order valence-electron chi connectivity index (χ0n) is 13.6. The molecule has 3 aromatic rings. The molecule has 7 heteroatoms. The molecule has 0 bridgehead atoms. The number of para-hydroxylation sites is 1. The lowest BCUT2D eigenvalue weighted by molar-refractivity contribution is -0.136. The molecule has 6 nitrogen and oxygen atoms in total. The minimum atomic E-state index is -1.26. The van der Waals surface area contributed by atoms with Crippen LogP contribution in [-0.2, 0) is 9.59 Å². The minimum Gasteiger partial charge on any atom is -0.386 e. The van der Waals surface area contributed by atoms with Crippen LogP contribution in [0.2, 0.25) is 0 Å². The van der Waals surface area contributed by atoms with Crippen molar-refractivity contribution < 1.29 is 19.1 Å². The smallest absolute Gasteiger partial charge is 0.313 e. The van der Waals surface area contributed by atoms with Gasteiger partial charge in [-0.25, -0.2) is 4.39 Å². The van der Waals surface area contributed by atoms with Crippen molar-refractivity contribution in [2.24, 2.45) is 0 Å². The Balaban J connectivity index is 1.63. The lowest BCUT2D eigenvalue weighted by Crippen LogP contribution is -2.37. The molecule has 0 aliphatic rings. The van der Waals surface area contributed by atoms with Crippen LogP contribution in [0.5, 0.6) is 0 Å².